The molecule has 0 aliphatic carbocycles. The van der Waals surface area contributed by atoms with Crippen molar-refractivity contribution in [1.82, 2.24) is 10.3 Å². The minimum atomic E-state index is -4.93. The van der Waals surface area contributed by atoms with Crippen molar-refractivity contribution in [2.75, 3.05) is 6.54 Å². The molecule has 2 aromatic heterocycles. The predicted molar refractivity (Wildman–Crippen MR) is 93.0 cm³/mol. The summed E-state index contributed by atoms with van der Waals surface area (Å²) in [6.07, 6.45) is -3.96. The zero-order chi connectivity index (χ0) is 19.7. The largest absolute Gasteiger partial charge is 0.463 e. The van der Waals surface area contributed by atoms with Crippen molar-refractivity contribution in [3.05, 3.63) is 59.7 Å². The number of hydrogen-bond acceptors (Lipinski definition) is 3. The number of para-hydroxylation sites is 1. The Hall–Kier alpha value is -2.74. The highest BCUT2D eigenvalue weighted by Crippen LogP contribution is 2.42. The zero-order valence-electron chi connectivity index (χ0n) is 14.6. The average Bonchev–Trinajstić information content (AvgIpc) is 3.21. The van der Waals surface area contributed by atoms with Gasteiger partial charge in [-0.05, 0) is 30.7 Å². The summed E-state index contributed by atoms with van der Waals surface area (Å²) in [5, 5.41) is 13.5. The first-order valence-corrected chi connectivity index (χ1v) is 8.38. The van der Waals surface area contributed by atoms with Gasteiger partial charge in [0.1, 0.15) is 11.5 Å². The smallest absolute Gasteiger partial charge is 0.424 e. The Kier molecular flexibility index (Phi) is 5.01. The van der Waals surface area contributed by atoms with Crippen LogP contribution in [0.5, 0.6) is 0 Å². The molecule has 0 bridgehead atoms. The van der Waals surface area contributed by atoms with Crippen molar-refractivity contribution < 1.29 is 27.5 Å². The fourth-order valence-corrected chi connectivity index (χ4v) is 2.96. The number of furan rings is 1. The van der Waals surface area contributed by atoms with Crippen LogP contribution in [0.1, 0.15) is 23.5 Å². The second-order valence-corrected chi connectivity index (χ2v) is 6.40. The Balaban J connectivity index is 1.64. The maximum absolute atomic E-state index is 13.4. The molecular weight excluding hydrogens is 361 g/mol. The van der Waals surface area contributed by atoms with Crippen LogP contribution in [0.2, 0.25) is 0 Å². The molecule has 0 aliphatic rings. The van der Waals surface area contributed by atoms with Gasteiger partial charge < -0.3 is 19.8 Å². The number of benzene rings is 1. The number of aliphatic hydroxyl groups is 1. The number of H-pyrrole nitrogens is 1. The van der Waals surface area contributed by atoms with Crippen molar-refractivity contribution in [3.63, 3.8) is 0 Å². The third-order valence-corrected chi connectivity index (χ3v) is 4.45. The summed E-state index contributed by atoms with van der Waals surface area (Å²) in [5.41, 5.74) is -1.54. The van der Waals surface area contributed by atoms with Crippen molar-refractivity contribution in [1.29, 1.82) is 0 Å². The number of aromatic nitrogens is 1. The summed E-state index contributed by atoms with van der Waals surface area (Å²) in [5.74, 6) is -0.755. The van der Waals surface area contributed by atoms with Crippen molar-refractivity contribution in [3.8, 4) is 0 Å². The molecule has 144 valence electrons. The molecule has 3 rings (SSSR count). The molecule has 1 aromatic carbocycles. The number of halogens is 3. The van der Waals surface area contributed by atoms with Crippen LogP contribution in [0.25, 0.3) is 10.9 Å². The molecular formula is C19H19F3N2O3. The van der Waals surface area contributed by atoms with Gasteiger partial charge in [0, 0.05) is 30.1 Å². The molecule has 0 spiro atoms. The average molecular weight is 380 g/mol. The van der Waals surface area contributed by atoms with Crippen molar-refractivity contribution in [2.45, 2.75) is 31.5 Å². The molecule has 27 heavy (non-hydrogen) atoms. The predicted octanol–water partition coefficient (Wildman–Crippen LogP) is 3.57. The summed E-state index contributed by atoms with van der Waals surface area (Å²) in [6, 6.07) is 9.86. The van der Waals surface area contributed by atoms with E-state index in [0.29, 0.717) is 0 Å². The van der Waals surface area contributed by atoms with Gasteiger partial charge in [0.15, 0.2) is 0 Å². The molecule has 5 nitrogen and oxygen atoms in total. The Morgan fingerprint density at radius 2 is 1.96 bits per heavy atom. The maximum atomic E-state index is 13.4. The fourth-order valence-electron chi connectivity index (χ4n) is 2.96. The summed E-state index contributed by atoms with van der Waals surface area (Å²) in [7, 11) is 0. The highest BCUT2D eigenvalue weighted by Gasteiger charge is 2.56. The van der Waals surface area contributed by atoms with Gasteiger partial charge in [0.05, 0.1) is 6.42 Å². The number of carbonyl (C=O) groups is 1. The lowest BCUT2D eigenvalue weighted by molar-refractivity contribution is -0.274. The molecule has 3 aromatic rings. The molecule has 0 unspecified atom stereocenters. The third kappa shape index (κ3) is 3.85. The first-order valence-electron chi connectivity index (χ1n) is 8.38. The summed E-state index contributed by atoms with van der Waals surface area (Å²) in [4.78, 5) is 15.2. The highest BCUT2D eigenvalue weighted by atomic mass is 19.4. The van der Waals surface area contributed by atoms with Crippen LogP contribution in [-0.4, -0.2) is 28.7 Å². The second-order valence-electron chi connectivity index (χ2n) is 6.40. The monoisotopic (exact) mass is 380 g/mol. The van der Waals surface area contributed by atoms with Gasteiger partial charge in [0.2, 0.25) is 11.5 Å². The maximum Gasteiger partial charge on any atom is 0.424 e. The molecule has 3 N–H and O–H groups in total. The number of carbonyl (C=O) groups excluding carboxylic acids is 1. The van der Waals surface area contributed by atoms with Crippen LogP contribution in [-0.2, 0) is 16.8 Å². The van der Waals surface area contributed by atoms with Gasteiger partial charge in [-0.3, -0.25) is 4.79 Å². The number of amides is 1. The van der Waals surface area contributed by atoms with Crippen LogP contribution in [0, 0.1) is 6.92 Å². The van der Waals surface area contributed by atoms with Gasteiger partial charge >= 0.3 is 6.18 Å². The van der Waals surface area contributed by atoms with Crippen LogP contribution >= 0.6 is 0 Å². The van der Waals surface area contributed by atoms with Gasteiger partial charge in [-0.25, -0.2) is 0 Å². The van der Waals surface area contributed by atoms with Crippen LogP contribution in [0.15, 0.2) is 47.0 Å². The number of hydrogen-bond donors (Lipinski definition) is 3. The Morgan fingerprint density at radius 1 is 1.22 bits per heavy atom. The SMILES string of the molecule is Cc1ccc([C@](O)(CCNC(=O)Cc2c[nH]c3ccccc23)C(F)(F)F)o1. The first-order chi connectivity index (χ1) is 12.7. The highest BCUT2D eigenvalue weighted by molar-refractivity contribution is 5.88. The van der Waals surface area contributed by atoms with Crippen LogP contribution < -0.4 is 5.32 Å². The fraction of sp³-hybridized carbons (Fsp3) is 0.316. The first kappa shape index (κ1) is 19.0. The number of aromatic amines is 1. The van der Waals surface area contributed by atoms with E-state index in [0.717, 1.165) is 22.5 Å². The number of rotatable bonds is 6. The molecule has 0 saturated heterocycles. The molecule has 0 radical (unpaired) electrons. The lowest BCUT2D eigenvalue weighted by Crippen LogP contribution is -2.44. The van der Waals surface area contributed by atoms with Crippen LogP contribution in [0.3, 0.4) is 0 Å². The van der Waals surface area contributed by atoms with Crippen molar-refractivity contribution >= 4 is 16.8 Å². The summed E-state index contributed by atoms with van der Waals surface area (Å²) < 4.78 is 45.1. The number of fused-ring (bicyclic) bond motifs is 1. The Bertz CT molecular complexity index is 945. The molecule has 0 aliphatic heterocycles. The van der Waals surface area contributed by atoms with Gasteiger partial charge in [0.25, 0.3) is 0 Å². The molecule has 2 heterocycles. The van der Waals surface area contributed by atoms with E-state index in [9.17, 15) is 23.1 Å². The van der Waals surface area contributed by atoms with Gasteiger partial charge in [-0.15, -0.1) is 0 Å². The number of aryl methyl sites for hydroxylation is 1. The molecule has 1 atom stereocenters. The molecule has 1 amide bonds. The minimum Gasteiger partial charge on any atom is -0.463 e. The normalized spacial score (nSPS) is 14.3. The van der Waals surface area contributed by atoms with E-state index in [2.05, 4.69) is 10.3 Å². The standard InChI is InChI=1S/C19H19F3N2O3/c1-12-6-7-16(27-12)18(26,19(20,21)22)8-9-23-17(25)10-13-11-24-15-5-3-2-4-14(13)15/h2-7,11,24,26H,8-10H2,1H3,(H,23,25)/t18-/m1/s1. The van der Waals surface area contributed by atoms with E-state index < -0.39 is 29.9 Å². The molecule has 0 fully saturated rings. The summed E-state index contributed by atoms with van der Waals surface area (Å²) >= 11 is 0. The van der Waals surface area contributed by atoms with E-state index in [1.54, 1.807) is 6.20 Å². The van der Waals surface area contributed by atoms with E-state index in [1.165, 1.54) is 13.0 Å². The van der Waals surface area contributed by atoms with Gasteiger partial charge in [-0.2, -0.15) is 13.2 Å². The second kappa shape index (κ2) is 7.11. The lowest BCUT2D eigenvalue weighted by Gasteiger charge is -2.28. The van der Waals surface area contributed by atoms with Gasteiger partial charge in [-0.1, -0.05) is 18.2 Å². The zero-order valence-corrected chi connectivity index (χ0v) is 14.6. The molecule has 0 saturated carbocycles. The Labute approximate surface area is 153 Å². The van der Waals surface area contributed by atoms with Crippen LogP contribution in [0.4, 0.5) is 13.2 Å². The van der Waals surface area contributed by atoms with E-state index >= 15 is 0 Å². The topological polar surface area (TPSA) is 78.3 Å². The van der Waals surface area contributed by atoms with E-state index in [1.807, 2.05) is 24.3 Å². The Morgan fingerprint density at radius 3 is 2.63 bits per heavy atom. The summed E-state index contributed by atoms with van der Waals surface area (Å²) in [6.45, 7) is 1.14. The van der Waals surface area contributed by atoms with E-state index in [-0.39, 0.29) is 18.7 Å². The number of alkyl halides is 3. The quantitative estimate of drug-likeness (QED) is 0.612. The number of nitrogens with one attached hydrogen (secondary N) is 2. The third-order valence-electron chi connectivity index (χ3n) is 4.45. The minimum absolute atomic E-state index is 0.0221. The van der Waals surface area contributed by atoms with E-state index in [4.69, 9.17) is 4.42 Å². The van der Waals surface area contributed by atoms with Crippen molar-refractivity contribution in [2.24, 2.45) is 0 Å². The molecule has 8 heteroatoms. The lowest BCUT2D eigenvalue weighted by atomic mass is 9.95.